The molecule has 1 aliphatic rings. The molecule has 0 aliphatic heterocycles. The lowest BCUT2D eigenvalue weighted by Crippen LogP contribution is -2.33. The maximum atomic E-state index is 13.2. The molecule has 6 heteroatoms. The molecule has 1 fully saturated rings. The zero-order valence-electron chi connectivity index (χ0n) is 9.24. The van der Waals surface area contributed by atoms with Gasteiger partial charge in [-0.25, -0.2) is 4.39 Å². The second-order valence-electron chi connectivity index (χ2n) is 4.46. The summed E-state index contributed by atoms with van der Waals surface area (Å²) in [5, 5.41) is 13.7. The number of benzene rings is 1. The lowest BCUT2D eigenvalue weighted by Gasteiger charge is -2.33. The van der Waals surface area contributed by atoms with Crippen molar-refractivity contribution in [2.45, 2.75) is 25.8 Å². The summed E-state index contributed by atoms with van der Waals surface area (Å²) in [5.74, 6) is -0.145. The van der Waals surface area contributed by atoms with Crippen LogP contribution in [0.1, 0.15) is 19.8 Å². The summed E-state index contributed by atoms with van der Waals surface area (Å²) in [4.78, 5) is 10.2. The van der Waals surface area contributed by atoms with Crippen LogP contribution in [0.2, 0.25) is 5.02 Å². The Balaban J connectivity index is 2.25. The normalized spacial score (nSPS) is 23.0. The van der Waals surface area contributed by atoms with Gasteiger partial charge in [0.25, 0.3) is 5.69 Å². The second-order valence-corrected chi connectivity index (χ2v) is 4.87. The summed E-state index contributed by atoms with van der Waals surface area (Å²) in [7, 11) is 0. The van der Waals surface area contributed by atoms with Gasteiger partial charge in [-0.05, 0) is 24.8 Å². The first-order chi connectivity index (χ1) is 7.97. The fraction of sp³-hybridized carbons (Fsp3) is 0.455. The van der Waals surface area contributed by atoms with Crippen molar-refractivity contribution >= 4 is 23.0 Å². The number of nitrogens with zero attached hydrogens (tertiary/aromatic N) is 1. The molecule has 0 spiro atoms. The van der Waals surface area contributed by atoms with Crippen LogP contribution < -0.4 is 5.32 Å². The van der Waals surface area contributed by atoms with Gasteiger partial charge in [0.1, 0.15) is 11.5 Å². The topological polar surface area (TPSA) is 55.2 Å². The zero-order chi connectivity index (χ0) is 12.6. The van der Waals surface area contributed by atoms with Crippen LogP contribution in [0.25, 0.3) is 0 Å². The van der Waals surface area contributed by atoms with E-state index >= 15 is 0 Å². The molecule has 1 aromatic rings. The van der Waals surface area contributed by atoms with E-state index in [4.69, 9.17) is 11.6 Å². The SMILES string of the molecule is CC1CC(Nc2cc(Cl)c(F)cc2[N+](=O)[O-])C1. The molecule has 1 aromatic carbocycles. The van der Waals surface area contributed by atoms with Crippen LogP contribution in [0.4, 0.5) is 15.8 Å². The van der Waals surface area contributed by atoms with Crippen LogP contribution in [0.5, 0.6) is 0 Å². The van der Waals surface area contributed by atoms with E-state index in [2.05, 4.69) is 12.2 Å². The zero-order valence-corrected chi connectivity index (χ0v) is 10.00. The molecular formula is C11H12ClFN2O2. The van der Waals surface area contributed by atoms with Crippen molar-refractivity contribution in [1.82, 2.24) is 0 Å². The van der Waals surface area contributed by atoms with Crippen molar-refractivity contribution in [3.8, 4) is 0 Å². The maximum absolute atomic E-state index is 13.2. The summed E-state index contributed by atoms with van der Waals surface area (Å²) in [6, 6.07) is 2.34. The third kappa shape index (κ3) is 2.49. The third-order valence-corrected chi connectivity index (χ3v) is 3.26. The average Bonchev–Trinajstić information content (AvgIpc) is 2.20. The fourth-order valence-electron chi connectivity index (χ4n) is 2.04. The first-order valence-corrected chi connectivity index (χ1v) is 5.75. The van der Waals surface area contributed by atoms with Crippen molar-refractivity contribution in [2.24, 2.45) is 5.92 Å². The number of nitro groups is 1. The number of hydrogen-bond donors (Lipinski definition) is 1. The Kier molecular flexibility index (Phi) is 3.19. The largest absolute Gasteiger partial charge is 0.377 e. The Hall–Kier alpha value is -1.36. The molecule has 0 atom stereocenters. The van der Waals surface area contributed by atoms with Gasteiger partial charge in [-0.1, -0.05) is 18.5 Å². The molecule has 0 heterocycles. The maximum Gasteiger partial charge on any atom is 0.295 e. The highest BCUT2D eigenvalue weighted by Gasteiger charge is 2.28. The van der Waals surface area contributed by atoms with E-state index in [9.17, 15) is 14.5 Å². The molecule has 0 saturated heterocycles. The molecule has 1 saturated carbocycles. The lowest BCUT2D eigenvalue weighted by molar-refractivity contribution is -0.384. The van der Waals surface area contributed by atoms with Gasteiger partial charge >= 0.3 is 0 Å². The predicted octanol–water partition coefficient (Wildman–Crippen LogP) is 3.60. The van der Waals surface area contributed by atoms with Crippen molar-refractivity contribution < 1.29 is 9.31 Å². The number of rotatable bonds is 3. The fourth-order valence-corrected chi connectivity index (χ4v) is 2.21. The second kappa shape index (κ2) is 4.49. The highest BCUT2D eigenvalue weighted by atomic mass is 35.5. The Morgan fingerprint density at radius 2 is 2.18 bits per heavy atom. The molecule has 92 valence electrons. The summed E-state index contributed by atoms with van der Waals surface area (Å²) in [6.45, 7) is 2.12. The molecule has 0 unspecified atom stereocenters. The van der Waals surface area contributed by atoms with E-state index in [-0.39, 0.29) is 16.8 Å². The van der Waals surface area contributed by atoms with E-state index in [0.717, 1.165) is 18.9 Å². The predicted molar refractivity (Wildman–Crippen MR) is 63.9 cm³/mol. The van der Waals surface area contributed by atoms with E-state index < -0.39 is 10.7 Å². The number of anilines is 1. The number of nitro benzene ring substituents is 1. The smallest absolute Gasteiger partial charge is 0.295 e. The summed E-state index contributed by atoms with van der Waals surface area (Å²) in [5.41, 5.74) is 0.0183. The first-order valence-electron chi connectivity index (χ1n) is 5.37. The number of hydrogen-bond acceptors (Lipinski definition) is 3. The number of halogens is 2. The van der Waals surface area contributed by atoms with Crippen LogP contribution in [0.15, 0.2) is 12.1 Å². The molecule has 4 nitrogen and oxygen atoms in total. The first kappa shape index (κ1) is 12.1. The van der Waals surface area contributed by atoms with Crippen LogP contribution in [-0.2, 0) is 0 Å². The monoisotopic (exact) mass is 258 g/mol. The van der Waals surface area contributed by atoms with Gasteiger partial charge in [0.15, 0.2) is 0 Å². The third-order valence-electron chi connectivity index (χ3n) is 2.97. The van der Waals surface area contributed by atoms with E-state index in [1.54, 1.807) is 0 Å². The van der Waals surface area contributed by atoms with Gasteiger partial charge in [0.05, 0.1) is 16.0 Å². The minimum atomic E-state index is -0.772. The standard InChI is InChI=1S/C11H12ClFN2O2/c1-6-2-7(3-6)14-10-4-8(12)9(13)5-11(10)15(16)17/h4-7,14H,2-3H2,1H3. The quantitative estimate of drug-likeness (QED) is 0.666. The van der Waals surface area contributed by atoms with Gasteiger partial charge < -0.3 is 5.32 Å². The highest BCUT2D eigenvalue weighted by molar-refractivity contribution is 6.31. The Bertz CT molecular complexity index is 461. The molecule has 0 aromatic heterocycles. The molecule has 17 heavy (non-hydrogen) atoms. The summed E-state index contributed by atoms with van der Waals surface area (Å²) < 4.78 is 13.2. The molecule has 1 aliphatic carbocycles. The van der Waals surface area contributed by atoms with E-state index in [0.29, 0.717) is 11.6 Å². The van der Waals surface area contributed by atoms with E-state index in [1.165, 1.54) is 6.07 Å². The molecule has 0 bridgehead atoms. The van der Waals surface area contributed by atoms with E-state index in [1.807, 2.05) is 0 Å². The van der Waals surface area contributed by atoms with Gasteiger partial charge in [0.2, 0.25) is 0 Å². The Morgan fingerprint density at radius 1 is 1.53 bits per heavy atom. The summed E-state index contributed by atoms with van der Waals surface area (Å²) in [6.07, 6.45) is 1.93. The van der Waals surface area contributed by atoms with Crippen LogP contribution >= 0.6 is 11.6 Å². The van der Waals surface area contributed by atoms with Crippen LogP contribution in [-0.4, -0.2) is 11.0 Å². The van der Waals surface area contributed by atoms with Gasteiger partial charge in [-0.15, -0.1) is 0 Å². The van der Waals surface area contributed by atoms with Crippen molar-refractivity contribution in [1.29, 1.82) is 0 Å². The van der Waals surface area contributed by atoms with Gasteiger partial charge in [-0.2, -0.15) is 0 Å². The lowest BCUT2D eigenvalue weighted by atomic mass is 9.82. The molecule has 0 radical (unpaired) electrons. The van der Waals surface area contributed by atoms with Gasteiger partial charge in [0, 0.05) is 6.04 Å². The molecule has 2 rings (SSSR count). The Labute approximate surface area is 103 Å². The summed E-state index contributed by atoms with van der Waals surface area (Å²) >= 11 is 5.63. The average molecular weight is 259 g/mol. The number of nitrogens with one attached hydrogen (secondary N) is 1. The van der Waals surface area contributed by atoms with Crippen molar-refractivity contribution in [2.75, 3.05) is 5.32 Å². The Morgan fingerprint density at radius 3 is 2.71 bits per heavy atom. The molecule has 1 N–H and O–H groups in total. The van der Waals surface area contributed by atoms with Crippen molar-refractivity contribution in [3.05, 3.63) is 33.1 Å². The minimum absolute atomic E-state index is 0.106. The van der Waals surface area contributed by atoms with Crippen LogP contribution in [0, 0.1) is 21.8 Å². The minimum Gasteiger partial charge on any atom is -0.377 e. The molecular weight excluding hydrogens is 247 g/mol. The van der Waals surface area contributed by atoms with Crippen LogP contribution in [0.3, 0.4) is 0 Å². The molecule has 0 amide bonds. The van der Waals surface area contributed by atoms with Gasteiger partial charge in [-0.3, -0.25) is 10.1 Å². The van der Waals surface area contributed by atoms with Crippen molar-refractivity contribution in [3.63, 3.8) is 0 Å². The highest BCUT2D eigenvalue weighted by Crippen LogP contribution is 2.35.